The summed E-state index contributed by atoms with van der Waals surface area (Å²) in [5.74, 6) is -1.56. The van der Waals surface area contributed by atoms with Crippen LogP contribution in [0.1, 0.15) is 52.4 Å². The van der Waals surface area contributed by atoms with E-state index in [0.717, 1.165) is 32.1 Å². The molecule has 1 rings (SSSR count). The maximum Gasteiger partial charge on any atom is 0.242 e. The average molecular weight is 449 g/mol. The maximum absolute atomic E-state index is 12.5. The van der Waals surface area contributed by atoms with Gasteiger partial charge < -0.3 is 31.7 Å². The van der Waals surface area contributed by atoms with Gasteiger partial charge in [0.05, 0.1) is 19.2 Å². The largest absolute Gasteiger partial charge is 0.391 e. The van der Waals surface area contributed by atoms with Crippen LogP contribution in [0.3, 0.4) is 0 Å². The summed E-state index contributed by atoms with van der Waals surface area (Å²) in [6.45, 7) is 2.93. The van der Waals surface area contributed by atoms with Crippen molar-refractivity contribution in [1.29, 1.82) is 0 Å². The Hall–Kier alpha value is -1.48. The molecule has 1 aliphatic carbocycles. The number of rotatable bonds is 12. The summed E-state index contributed by atoms with van der Waals surface area (Å²) in [4.78, 5) is 45.3. The summed E-state index contributed by atoms with van der Waals surface area (Å²) in [5, 5.41) is 17.8. The van der Waals surface area contributed by atoms with Crippen molar-refractivity contribution in [3.8, 4) is 0 Å². The molecule has 0 aromatic heterocycles. The van der Waals surface area contributed by atoms with Crippen molar-refractivity contribution >= 4 is 25.7 Å². The van der Waals surface area contributed by atoms with Crippen molar-refractivity contribution in [2.75, 3.05) is 19.6 Å². The van der Waals surface area contributed by atoms with E-state index in [1.54, 1.807) is 13.8 Å². The Kier molecular flexibility index (Phi) is 12.2. The van der Waals surface area contributed by atoms with E-state index in [2.05, 4.69) is 16.0 Å². The summed E-state index contributed by atoms with van der Waals surface area (Å²) in [6, 6.07) is -0.842. The fourth-order valence-electron chi connectivity index (χ4n) is 3.75. The number of hydrogen-bond donors (Lipinski definition) is 6. The number of nitrogens with one attached hydrogen (secondary N) is 3. The van der Waals surface area contributed by atoms with Crippen LogP contribution in [0.25, 0.3) is 0 Å². The normalized spacial score (nSPS) is 18.9. The van der Waals surface area contributed by atoms with Gasteiger partial charge in [0.2, 0.25) is 17.7 Å². The number of aliphatic hydroxyl groups is 1. The standard InChI is InChI=1S/C19H37N4O6P/c1-12(2)18(23-17(26)11-21-16(25)9-20)19(27)22-10-14(24)8-15(30(28)29)13-6-4-3-5-7-13/h12-15,18,24,30H,3-11,20H2,1-2H3,(H,21,25)(H,22,27)(H,23,26)(H,28,29)/t14-,15?,18+/m1/s1. The number of amides is 3. The molecule has 1 saturated carbocycles. The molecule has 0 aromatic rings. The molecule has 3 amide bonds. The van der Waals surface area contributed by atoms with Crippen LogP contribution in [0.2, 0.25) is 0 Å². The molecular weight excluding hydrogens is 411 g/mol. The van der Waals surface area contributed by atoms with E-state index in [9.17, 15) is 28.9 Å². The molecule has 11 heteroatoms. The van der Waals surface area contributed by atoms with Crippen molar-refractivity contribution in [3.05, 3.63) is 0 Å². The van der Waals surface area contributed by atoms with Crippen molar-refractivity contribution in [3.63, 3.8) is 0 Å². The van der Waals surface area contributed by atoms with E-state index in [-0.39, 0.29) is 37.9 Å². The van der Waals surface area contributed by atoms with Gasteiger partial charge in [-0.3, -0.25) is 18.9 Å². The van der Waals surface area contributed by atoms with Gasteiger partial charge in [-0.1, -0.05) is 33.1 Å². The molecule has 10 nitrogen and oxygen atoms in total. The van der Waals surface area contributed by atoms with Crippen molar-refractivity contribution < 1.29 is 28.9 Å². The second kappa shape index (κ2) is 13.7. The first-order valence-corrected chi connectivity index (χ1v) is 12.0. The fourth-order valence-corrected chi connectivity index (χ4v) is 4.96. The van der Waals surface area contributed by atoms with Crippen LogP contribution in [0, 0.1) is 11.8 Å². The van der Waals surface area contributed by atoms with E-state index in [1.807, 2.05) is 0 Å². The highest BCUT2D eigenvalue weighted by Gasteiger charge is 2.30. The lowest BCUT2D eigenvalue weighted by atomic mass is 9.85. The number of carbonyl (C=O) groups excluding carboxylic acids is 3. The predicted molar refractivity (Wildman–Crippen MR) is 114 cm³/mol. The molecule has 0 radical (unpaired) electrons. The maximum atomic E-state index is 12.5. The molecule has 0 aromatic carbocycles. The first-order valence-electron chi connectivity index (χ1n) is 10.6. The van der Waals surface area contributed by atoms with Crippen molar-refractivity contribution in [1.82, 2.24) is 16.0 Å². The van der Waals surface area contributed by atoms with Crippen LogP contribution < -0.4 is 21.7 Å². The van der Waals surface area contributed by atoms with E-state index < -0.39 is 43.6 Å². The van der Waals surface area contributed by atoms with Crippen LogP contribution in [0.5, 0.6) is 0 Å². The van der Waals surface area contributed by atoms with Gasteiger partial charge in [-0.25, -0.2) is 0 Å². The van der Waals surface area contributed by atoms with E-state index >= 15 is 0 Å². The van der Waals surface area contributed by atoms with E-state index in [1.165, 1.54) is 0 Å². The van der Waals surface area contributed by atoms with Gasteiger partial charge in [0.15, 0.2) is 8.03 Å². The molecule has 174 valence electrons. The summed E-state index contributed by atoms with van der Waals surface area (Å²) >= 11 is 0. The summed E-state index contributed by atoms with van der Waals surface area (Å²) in [7, 11) is -2.79. The molecule has 1 fully saturated rings. The van der Waals surface area contributed by atoms with Gasteiger partial charge in [-0.15, -0.1) is 0 Å². The lowest BCUT2D eigenvalue weighted by Gasteiger charge is -2.30. The Morgan fingerprint density at radius 3 is 2.27 bits per heavy atom. The van der Waals surface area contributed by atoms with Crippen molar-refractivity contribution in [2.45, 2.75) is 70.2 Å². The zero-order chi connectivity index (χ0) is 22.7. The number of hydrogen-bond acceptors (Lipinski definition) is 6. The number of carbonyl (C=O) groups is 3. The monoisotopic (exact) mass is 448 g/mol. The number of aliphatic hydroxyl groups excluding tert-OH is 1. The average Bonchev–Trinajstić information content (AvgIpc) is 2.72. The van der Waals surface area contributed by atoms with Crippen LogP contribution in [-0.2, 0) is 18.9 Å². The first-order chi connectivity index (χ1) is 14.1. The second-order valence-electron chi connectivity index (χ2n) is 8.25. The summed E-state index contributed by atoms with van der Waals surface area (Å²) in [6.07, 6.45) is 4.19. The van der Waals surface area contributed by atoms with E-state index in [4.69, 9.17) is 5.73 Å². The van der Waals surface area contributed by atoms with Crippen LogP contribution >= 0.6 is 8.03 Å². The molecule has 2 unspecified atom stereocenters. The molecular formula is C19H37N4O6P. The third-order valence-corrected chi connectivity index (χ3v) is 6.81. The van der Waals surface area contributed by atoms with Crippen LogP contribution in [0.15, 0.2) is 0 Å². The third kappa shape index (κ3) is 9.55. The zero-order valence-electron chi connectivity index (χ0n) is 17.9. The second-order valence-corrected chi connectivity index (χ2v) is 9.67. The molecule has 1 aliphatic rings. The Morgan fingerprint density at radius 2 is 1.73 bits per heavy atom. The van der Waals surface area contributed by atoms with Gasteiger partial charge in [-0.05, 0) is 31.1 Å². The van der Waals surface area contributed by atoms with Gasteiger partial charge in [0.25, 0.3) is 0 Å². The zero-order valence-corrected chi connectivity index (χ0v) is 18.9. The Bertz CT molecular complexity index is 598. The molecule has 0 saturated heterocycles. The van der Waals surface area contributed by atoms with E-state index in [0.29, 0.717) is 0 Å². The molecule has 0 heterocycles. The minimum Gasteiger partial charge on any atom is -0.391 e. The Morgan fingerprint density at radius 1 is 1.10 bits per heavy atom. The minimum absolute atomic E-state index is 0.0692. The molecule has 0 bridgehead atoms. The summed E-state index contributed by atoms with van der Waals surface area (Å²) < 4.78 is 11.8. The summed E-state index contributed by atoms with van der Waals surface area (Å²) in [5.41, 5.74) is 4.71. The highest BCUT2D eigenvalue weighted by Crippen LogP contribution is 2.40. The Balaban J connectivity index is 2.53. The smallest absolute Gasteiger partial charge is 0.242 e. The van der Waals surface area contributed by atoms with Gasteiger partial charge in [0.1, 0.15) is 6.04 Å². The number of nitrogens with two attached hydrogens (primary N) is 1. The quantitative estimate of drug-likeness (QED) is 0.218. The Labute approximate surface area is 178 Å². The lowest BCUT2D eigenvalue weighted by molar-refractivity contribution is -0.130. The van der Waals surface area contributed by atoms with Gasteiger partial charge >= 0.3 is 0 Å². The SMILES string of the molecule is CC(C)[C@H](NC(=O)CNC(=O)CN)C(=O)NC[C@H](O)CC(C1CCCCC1)[PH](=O)O. The molecule has 30 heavy (non-hydrogen) atoms. The van der Waals surface area contributed by atoms with Crippen LogP contribution in [-0.4, -0.2) is 65.2 Å². The van der Waals surface area contributed by atoms with Crippen LogP contribution in [0.4, 0.5) is 0 Å². The van der Waals surface area contributed by atoms with Crippen molar-refractivity contribution in [2.24, 2.45) is 17.6 Å². The first kappa shape index (κ1) is 26.6. The molecule has 0 spiro atoms. The molecule has 0 aliphatic heterocycles. The minimum atomic E-state index is -2.79. The lowest BCUT2D eigenvalue weighted by Crippen LogP contribution is -2.53. The molecule has 4 atom stereocenters. The fraction of sp³-hybridized carbons (Fsp3) is 0.842. The highest BCUT2D eigenvalue weighted by atomic mass is 31.1. The predicted octanol–water partition coefficient (Wildman–Crippen LogP) is -0.515. The topological polar surface area (TPSA) is 171 Å². The highest BCUT2D eigenvalue weighted by molar-refractivity contribution is 7.38. The van der Waals surface area contributed by atoms with Gasteiger partial charge in [-0.2, -0.15) is 0 Å². The molecule has 7 N–H and O–H groups in total. The third-order valence-electron chi connectivity index (χ3n) is 5.47. The van der Waals surface area contributed by atoms with Gasteiger partial charge in [0, 0.05) is 12.2 Å².